The van der Waals surface area contributed by atoms with Gasteiger partial charge in [-0.25, -0.2) is 18.4 Å². The zero-order valence-corrected chi connectivity index (χ0v) is 16.2. The van der Waals surface area contributed by atoms with Gasteiger partial charge in [0.2, 0.25) is 0 Å². The van der Waals surface area contributed by atoms with E-state index in [0.717, 1.165) is 0 Å². The Morgan fingerprint density at radius 3 is 2.77 bits per heavy atom. The van der Waals surface area contributed by atoms with Crippen LogP contribution in [-0.2, 0) is 20.3 Å². The van der Waals surface area contributed by atoms with Crippen LogP contribution in [0, 0.1) is 0 Å². The standard InChI is InChI=1S/C17H21ClN4O3S/c1-11-9-25-6-5-22(11)16-8-13(10-26(2,23)24)20-17(21-16)12-3-4-15(19)14(18)7-12/h3-4,7-8,11H,5-6,9-10,19H2,1-2H3/t11-/m0/s1. The predicted molar refractivity (Wildman–Crippen MR) is 103 cm³/mol. The van der Waals surface area contributed by atoms with E-state index in [1.54, 1.807) is 24.3 Å². The molecule has 1 aromatic carbocycles. The topological polar surface area (TPSA) is 98.4 Å². The number of rotatable bonds is 4. The van der Waals surface area contributed by atoms with Gasteiger partial charge in [0.1, 0.15) is 5.82 Å². The second-order valence-electron chi connectivity index (χ2n) is 6.46. The molecule has 1 aromatic heterocycles. The maximum Gasteiger partial charge on any atom is 0.161 e. The van der Waals surface area contributed by atoms with Gasteiger partial charge in [-0.15, -0.1) is 0 Å². The summed E-state index contributed by atoms with van der Waals surface area (Å²) in [6, 6.07) is 7.00. The van der Waals surface area contributed by atoms with Crippen LogP contribution in [0.2, 0.25) is 5.02 Å². The van der Waals surface area contributed by atoms with E-state index in [4.69, 9.17) is 22.1 Å². The number of morpholine rings is 1. The minimum absolute atomic E-state index is 0.132. The number of sulfone groups is 1. The van der Waals surface area contributed by atoms with Gasteiger partial charge in [0, 0.05) is 24.4 Å². The van der Waals surface area contributed by atoms with E-state index in [9.17, 15) is 8.42 Å². The average Bonchev–Trinajstić information content (AvgIpc) is 2.56. The first-order valence-corrected chi connectivity index (χ1v) is 10.6. The van der Waals surface area contributed by atoms with Gasteiger partial charge >= 0.3 is 0 Å². The largest absolute Gasteiger partial charge is 0.398 e. The third kappa shape index (κ3) is 4.44. The summed E-state index contributed by atoms with van der Waals surface area (Å²) in [6.45, 7) is 3.91. The number of ether oxygens (including phenoxy) is 1. The molecule has 1 saturated heterocycles. The summed E-state index contributed by atoms with van der Waals surface area (Å²) in [5, 5.41) is 0.404. The van der Waals surface area contributed by atoms with Gasteiger partial charge < -0.3 is 15.4 Å². The first kappa shape index (κ1) is 18.9. The van der Waals surface area contributed by atoms with Crippen molar-refractivity contribution in [2.45, 2.75) is 18.7 Å². The minimum Gasteiger partial charge on any atom is -0.398 e. The van der Waals surface area contributed by atoms with Crippen molar-refractivity contribution in [1.29, 1.82) is 0 Å². The molecule has 1 fully saturated rings. The van der Waals surface area contributed by atoms with Crippen molar-refractivity contribution in [2.24, 2.45) is 0 Å². The predicted octanol–water partition coefficient (Wildman–Crippen LogP) is 2.15. The molecule has 0 unspecified atom stereocenters. The molecule has 26 heavy (non-hydrogen) atoms. The number of aromatic nitrogens is 2. The Hall–Kier alpha value is -1.90. The molecule has 7 nitrogen and oxygen atoms in total. The highest BCUT2D eigenvalue weighted by Gasteiger charge is 2.22. The van der Waals surface area contributed by atoms with Gasteiger partial charge in [-0.05, 0) is 25.1 Å². The molecule has 2 aromatic rings. The number of nitrogen functional groups attached to an aromatic ring is 1. The van der Waals surface area contributed by atoms with E-state index in [1.807, 2.05) is 6.92 Å². The summed E-state index contributed by atoms with van der Waals surface area (Å²) >= 11 is 6.12. The van der Waals surface area contributed by atoms with Crippen LogP contribution in [0.5, 0.6) is 0 Å². The number of nitrogens with two attached hydrogens (primary N) is 1. The van der Waals surface area contributed by atoms with Crippen LogP contribution >= 0.6 is 11.6 Å². The molecule has 9 heteroatoms. The number of halogens is 1. The third-order valence-electron chi connectivity index (χ3n) is 4.10. The SMILES string of the molecule is C[C@H]1COCCN1c1cc(CS(C)(=O)=O)nc(-c2ccc(N)c(Cl)c2)n1. The van der Waals surface area contributed by atoms with Crippen LogP contribution < -0.4 is 10.6 Å². The monoisotopic (exact) mass is 396 g/mol. The molecule has 2 N–H and O–H groups in total. The summed E-state index contributed by atoms with van der Waals surface area (Å²) in [4.78, 5) is 11.2. The second-order valence-corrected chi connectivity index (χ2v) is 9.01. The first-order chi connectivity index (χ1) is 12.2. The lowest BCUT2D eigenvalue weighted by Gasteiger charge is -2.34. The molecule has 0 aliphatic carbocycles. The van der Waals surface area contributed by atoms with Gasteiger partial charge in [-0.1, -0.05) is 11.6 Å². The molecule has 0 amide bonds. The van der Waals surface area contributed by atoms with Crippen LogP contribution in [0.1, 0.15) is 12.6 Å². The van der Waals surface area contributed by atoms with Gasteiger partial charge in [-0.2, -0.15) is 0 Å². The van der Waals surface area contributed by atoms with Crippen LogP contribution in [-0.4, -0.2) is 50.4 Å². The Labute approximate surface area is 158 Å². The number of nitrogens with zero attached hydrogens (tertiary/aromatic N) is 3. The zero-order valence-electron chi connectivity index (χ0n) is 14.6. The van der Waals surface area contributed by atoms with E-state index >= 15 is 0 Å². The highest BCUT2D eigenvalue weighted by molar-refractivity contribution is 7.89. The molecule has 3 rings (SSSR count). The van der Waals surface area contributed by atoms with E-state index in [1.165, 1.54) is 6.26 Å². The highest BCUT2D eigenvalue weighted by Crippen LogP contribution is 2.28. The zero-order chi connectivity index (χ0) is 18.9. The number of anilines is 2. The Morgan fingerprint density at radius 1 is 1.35 bits per heavy atom. The smallest absolute Gasteiger partial charge is 0.161 e. The molecule has 0 bridgehead atoms. The van der Waals surface area contributed by atoms with E-state index in [-0.39, 0.29) is 11.8 Å². The van der Waals surface area contributed by atoms with Crippen molar-refractivity contribution in [3.8, 4) is 11.4 Å². The molecule has 1 aliphatic heterocycles. The molecule has 0 radical (unpaired) electrons. The minimum atomic E-state index is -3.23. The molecular weight excluding hydrogens is 376 g/mol. The third-order valence-corrected chi connectivity index (χ3v) is 5.24. The summed E-state index contributed by atoms with van der Waals surface area (Å²) in [6.07, 6.45) is 1.19. The molecule has 2 heterocycles. The molecule has 0 saturated carbocycles. The van der Waals surface area contributed by atoms with E-state index in [0.29, 0.717) is 53.4 Å². The fourth-order valence-corrected chi connectivity index (χ4v) is 3.70. The van der Waals surface area contributed by atoms with E-state index < -0.39 is 9.84 Å². The normalized spacial score (nSPS) is 18.1. The van der Waals surface area contributed by atoms with Gasteiger partial charge in [0.25, 0.3) is 0 Å². The van der Waals surface area contributed by atoms with Crippen LogP contribution in [0.4, 0.5) is 11.5 Å². The summed E-state index contributed by atoms with van der Waals surface area (Å²) in [5.41, 5.74) is 7.36. The average molecular weight is 397 g/mol. The lowest BCUT2D eigenvalue weighted by atomic mass is 10.2. The molecule has 1 atom stereocenters. The van der Waals surface area contributed by atoms with Crippen molar-refractivity contribution in [1.82, 2.24) is 9.97 Å². The van der Waals surface area contributed by atoms with E-state index in [2.05, 4.69) is 14.9 Å². The Morgan fingerprint density at radius 2 is 2.12 bits per heavy atom. The summed E-state index contributed by atoms with van der Waals surface area (Å²) in [5.74, 6) is 0.941. The molecule has 1 aliphatic rings. The fraction of sp³-hybridized carbons (Fsp3) is 0.412. The van der Waals surface area contributed by atoms with Gasteiger partial charge in [0.05, 0.1) is 41.4 Å². The van der Waals surface area contributed by atoms with Crippen LogP contribution in [0.3, 0.4) is 0 Å². The Bertz CT molecular complexity index is 920. The van der Waals surface area contributed by atoms with Crippen molar-refractivity contribution in [3.63, 3.8) is 0 Å². The Balaban J connectivity index is 2.09. The second kappa shape index (κ2) is 7.38. The van der Waals surface area contributed by atoms with Crippen LogP contribution in [0.25, 0.3) is 11.4 Å². The fourth-order valence-electron chi connectivity index (χ4n) is 2.84. The lowest BCUT2D eigenvalue weighted by Crippen LogP contribution is -2.44. The quantitative estimate of drug-likeness (QED) is 0.790. The summed E-state index contributed by atoms with van der Waals surface area (Å²) in [7, 11) is -3.23. The maximum atomic E-state index is 11.8. The highest BCUT2D eigenvalue weighted by atomic mass is 35.5. The Kier molecular flexibility index (Phi) is 5.36. The van der Waals surface area contributed by atoms with Crippen molar-refractivity contribution in [3.05, 3.63) is 35.0 Å². The van der Waals surface area contributed by atoms with Gasteiger partial charge in [0.15, 0.2) is 15.7 Å². The first-order valence-electron chi connectivity index (χ1n) is 8.18. The van der Waals surface area contributed by atoms with Gasteiger partial charge in [-0.3, -0.25) is 0 Å². The number of hydrogen-bond donors (Lipinski definition) is 1. The van der Waals surface area contributed by atoms with Crippen LogP contribution in [0.15, 0.2) is 24.3 Å². The molecule has 0 spiro atoms. The number of hydrogen-bond acceptors (Lipinski definition) is 7. The van der Waals surface area contributed by atoms with Crippen molar-refractivity contribution >= 4 is 32.9 Å². The van der Waals surface area contributed by atoms with Crippen molar-refractivity contribution < 1.29 is 13.2 Å². The molecule has 140 valence electrons. The maximum absolute atomic E-state index is 11.8. The lowest BCUT2D eigenvalue weighted by molar-refractivity contribution is 0.0985. The number of benzene rings is 1. The van der Waals surface area contributed by atoms with Crippen molar-refractivity contribution in [2.75, 3.05) is 36.6 Å². The molecular formula is C17H21ClN4O3S. The summed E-state index contributed by atoms with van der Waals surface area (Å²) < 4.78 is 29.0.